The Morgan fingerprint density at radius 1 is 0.971 bits per heavy atom. The second-order valence-corrected chi connectivity index (χ2v) is 9.61. The highest BCUT2D eigenvalue weighted by Gasteiger charge is 2.34. The van der Waals surface area contributed by atoms with Crippen LogP contribution in [0, 0.1) is 0 Å². The zero-order chi connectivity index (χ0) is 23.9. The number of carbonyl (C=O) groups excluding carboxylic acids is 3. The molecule has 2 amide bonds. The van der Waals surface area contributed by atoms with Gasteiger partial charge in [-0.15, -0.1) is 0 Å². The number of nitrogens with one attached hydrogen (secondary N) is 1. The lowest BCUT2D eigenvalue weighted by atomic mass is 9.94. The van der Waals surface area contributed by atoms with E-state index in [-0.39, 0.29) is 30.1 Å². The van der Waals surface area contributed by atoms with E-state index in [1.807, 2.05) is 47.2 Å². The molecule has 0 unspecified atom stereocenters. The molecule has 1 saturated carbocycles. The Labute approximate surface area is 204 Å². The van der Waals surface area contributed by atoms with Gasteiger partial charge in [0.1, 0.15) is 6.04 Å². The van der Waals surface area contributed by atoms with Gasteiger partial charge < -0.3 is 5.32 Å². The van der Waals surface area contributed by atoms with Gasteiger partial charge in [0, 0.05) is 17.3 Å². The lowest BCUT2D eigenvalue weighted by Gasteiger charge is -2.33. The van der Waals surface area contributed by atoms with Crippen LogP contribution in [0.1, 0.15) is 66.6 Å². The summed E-state index contributed by atoms with van der Waals surface area (Å²) in [4.78, 5) is 40.9. The number of Topliss-reactive ketones (excluding diaryl/α,β-unsaturated/α-hetero) is 1. The molecule has 1 aliphatic rings. The summed E-state index contributed by atoms with van der Waals surface area (Å²) < 4.78 is 0. The van der Waals surface area contributed by atoms with Crippen molar-refractivity contribution in [2.24, 2.45) is 0 Å². The Morgan fingerprint density at radius 3 is 2.29 bits per heavy atom. The van der Waals surface area contributed by atoms with E-state index in [9.17, 15) is 14.4 Å². The predicted octanol–water partition coefficient (Wildman–Crippen LogP) is 5.72. The molecule has 1 fully saturated rings. The maximum absolute atomic E-state index is 13.8. The maximum atomic E-state index is 13.8. The third kappa shape index (κ3) is 5.81. The molecule has 5 nitrogen and oxygen atoms in total. The van der Waals surface area contributed by atoms with Crippen molar-refractivity contribution in [3.63, 3.8) is 0 Å². The van der Waals surface area contributed by atoms with Crippen LogP contribution in [0.5, 0.6) is 0 Å². The Kier molecular flexibility index (Phi) is 7.91. The molecule has 2 aromatic carbocycles. The summed E-state index contributed by atoms with van der Waals surface area (Å²) in [5.74, 6) is -0.383. The smallest absolute Gasteiger partial charge is 0.248 e. The van der Waals surface area contributed by atoms with Gasteiger partial charge in [-0.05, 0) is 72.0 Å². The van der Waals surface area contributed by atoms with Crippen molar-refractivity contribution in [3.8, 4) is 0 Å². The molecule has 3 aromatic rings. The second kappa shape index (κ2) is 11.3. The lowest BCUT2D eigenvalue weighted by Crippen LogP contribution is -2.47. The number of anilines is 1. The Balaban J connectivity index is 1.73. The number of benzene rings is 2. The molecule has 0 saturated heterocycles. The molecular weight excluding hydrogens is 444 g/mol. The van der Waals surface area contributed by atoms with Crippen LogP contribution in [0.15, 0.2) is 71.4 Å². The van der Waals surface area contributed by atoms with Crippen LogP contribution in [0.4, 0.5) is 5.69 Å². The van der Waals surface area contributed by atoms with E-state index in [0.717, 1.165) is 36.8 Å². The van der Waals surface area contributed by atoms with Crippen molar-refractivity contribution in [1.29, 1.82) is 0 Å². The molecule has 0 aliphatic heterocycles. The van der Waals surface area contributed by atoms with Crippen LogP contribution in [0.25, 0.3) is 0 Å². The zero-order valence-electron chi connectivity index (χ0n) is 19.4. The highest BCUT2D eigenvalue weighted by Crippen LogP contribution is 2.30. The van der Waals surface area contributed by atoms with Gasteiger partial charge in [0.05, 0.1) is 6.42 Å². The van der Waals surface area contributed by atoms with Gasteiger partial charge in [-0.25, -0.2) is 0 Å². The summed E-state index contributed by atoms with van der Waals surface area (Å²) in [5, 5.41) is 7.12. The molecule has 0 radical (unpaired) electrons. The fourth-order valence-electron chi connectivity index (χ4n) is 4.53. The van der Waals surface area contributed by atoms with E-state index in [2.05, 4.69) is 5.32 Å². The normalized spacial score (nSPS) is 14.9. The van der Waals surface area contributed by atoms with Crippen molar-refractivity contribution in [1.82, 2.24) is 5.32 Å². The van der Waals surface area contributed by atoms with E-state index in [1.165, 1.54) is 13.3 Å². The van der Waals surface area contributed by atoms with Crippen LogP contribution in [0.2, 0.25) is 0 Å². The molecule has 1 N–H and O–H groups in total. The SMILES string of the molecule is CC(=O)c1ccc(N(C(=O)Cc2ccsc2)[C@H](C(=O)NC2CCCCC2)c2ccccc2)cc1. The van der Waals surface area contributed by atoms with Gasteiger partial charge in [-0.3, -0.25) is 19.3 Å². The number of hydrogen-bond acceptors (Lipinski definition) is 4. The molecule has 1 atom stereocenters. The summed E-state index contributed by atoms with van der Waals surface area (Å²) in [6.45, 7) is 1.51. The number of amides is 2. The number of nitrogens with zero attached hydrogens (tertiary/aromatic N) is 1. The number of rotatable bonds is 8. The highest BCUT2D eigenvalue weighted by atomic mass is 32.1. The zero-order valence-corrected chi connectivity index (χ0v) is 20.2. The largest absolute Gasteiger partial charge is 0.351 e. The molecule has 34 heavy (non-hydrogen) atoms. The van der Waals surface area contributed by atoms with E-state index in [4.69, 9.17) is 0 Å². The minimum absolute atomic E-state index is 0.0441. The topological polar surface area (TPSA) is 66.5 Å². The van der Waals surface area contributed by atoms with Crippen molar-refractivity contribution in [2.45, 2.75) is 57.5 Å². The third-order valence-corrected chi connectivity index (χ3v) is 7.06. The minimum Gasteiger partial charge on any atom is -0.351 e. The third-order valence-electron chi connectivity index (χ3n) is 6.33. The monoisotopic (exact) mass is 474 g/mol. The first kappa shape index (κ1) is 23.9. The number of ketones is 1. The standard InChI is InChI=1S/C28H30N2O3S/c1-20(31)22-12-14-25(15-13-22)30(26(32)18-21-16-17-34-19-21)27(23-8-4-2-5-9-23)28(33)29-24-10-6-3-7-11-24/h2,4-5,8-9,12-17,19,24,27H,3,6-7,10-11,18H2,1H3,(H,29,33)/t27-/m0/s1. The van der Waals surface area contributed by atoms with Crippen LogP contribution in [0.3, 0.4) is 0 Å². The average Bonchev–Trinajstić information content (AvgIpc) is 3.36. The lowest BCUT2D eigenvalue weighted by molar-refractivity contribution is -0.127. The Bertz CT molecular complexity index is 1100. The number of thiophene rings is 1. The Hall–Kier alpha value is -3.25. The average molecular weight is 475 g/mol. The highest BCUT2D eigenvalue weighted by molar-refractivity contribution is 7.08. The van der Waals surface area contributed by atoms with Crippen molar-refractivity contribution < 1.29 is 14.4 Å². The molecule has 1 aliphatic carbocycles. The van der Waals surface area contributed by atoms with Crippen LogP contribution >= 0.6 is 11.3 Å². The Morgan fingerprint density at radius 2 is 1.68 bits per heavy atom. The molecule has 1 heterocycles. The predicted molar refractivity (Wildman–Crippen MR) is 136 cm³/mol. The quantitative estimate of drug-likeness (QED) is 0.425. The molecule has 0 bridgehead atoms. The van der Waals surface area contributed by atoms with Crippen LogP contribution < -0.4 is 10.2 Å². The first-order valence-corrected chi connectivity index (χ1v) is 12.8. The van der Waals surface area contributed by atoms with Crippen molar-refractivity contribution in [2.75, 3.05) is 4.90 Å². The fourth-order valence-corrected chi connectivity index (χ4v) is 5.20. The summed E-state index contributed by atoms with van der Waals surface area (Å²) in [6, 6.07) is 17.6. The van der Waals surface area contributed by atoms with E-state index < -0.39 is 6.04 Å². The first-order chi connectivity index (χ1) is 16.5. The molecule has 4 rings (SSSR count). The molecular formula is C28H30N2O3S. The minimum atomic E-state index is -0.808. The van der Waals surface area contributed by atoms with Gasteiger partial charge in [0.15, 0.2) is 5.78 Å². The van der Waals surface area contributed by atoms with E-state index >= 15 is 0 Å². The van der Waals surface area contributed by atoms with Gasteiger partial charge in [-0.1, -0.05) is 49.6 Å². The molecule has 6 heteroatoms. The fraction of sp³-hybridized carbons (Fsp3) is 0.321. The van der Waals surface area contributed by atoms with E-state index in [1.54, 1.807) is 40.5 Å². The summed E-state index contributed by atoms with van der Waals surface area (Å²) in [5.41, 5.74) is 2.83. The summed E-state index contributed by atoms with van der Waals surface area (Å²) in [7, 11) is 0. The van der Waals surface area contributed by atoms with Gasteiger partial charge in [0.25, 0.3) is 0 Å². The maximum Gasteiger partial charge on any atom is 0.248 e. The molecule has 0 spiro atoms. The molecule has 176 valence electrons. The number of carbonyl (C=O) groups is 3. The summed E-state index contributed by atoms with van der Waals surface area (Å²) >= 11 is 1.54. The first-order valence-electron chi connectivity index (χ1n) is 11.8. The van der Waals surface area contributed by atoms with Crippen molar-refractivity contribution >= 4 is 34.6 Å². The summed E-state index contributed by atoms with van der Waals surface area (Å²) in [6.07, 6.45) is 5.52. The number of hydrogen-bond donors (Lipinski definition) is 1. The van der Waals surface area contributed by atoms with Crippen molar-refractivity contribution in [3.05, 3.63) is 88.1 Å². The van der Waals surface area contributed by atoms with Crippen LogP contribution in [-0.4, -0.2) is 23.6 Å². The van der Waals surface area contributed by atoms with Gasteiger partial charge >= 0.3 is 0 Å². The van der Waals surface area contributed by atoms with Crippen LogP contribution in [-0.2, 0) is 16.0 Å². The van der Waals surface area contributed by atoms with Gasteiger partial charge in [-0.2, -0.15) is 11.3 Å². The van der Waals surface area contributed by atoms with Gasteiger partial charge in [0.2, 0.25) is 11.8 Å². The molecule has 1 aromatic heterocycles. The van der Waals surface area contributed by atoms with E-state index in [0.29, 0.717) is 11.3 Å². The second-order valence-electron chi connectivity index (χ2n) is 8.83.